The molecule has 1 atom stereocenters. The number of nitrogens with zero attached hydrogens (tertiary/aromatic N) is 6. The standard InChI is InChI=1S/C19H28N6O/c1-14(2)17-22-18(26-23-17)16-7-6-10-25(16)13-15-11-20-19(21-12-15)24-8-4-3-5-9-24/h11-12,14,16H,3-10,13H2,1-2H3. The van der Waals surface area contributed by atoms with Gasteiger partial charge in [0.2, 0.25) is 11.8 Å². The Morgan fingerprint density at radius 3 is 2.54 bits per heavy atom. The minimum Gasteiger partial charge on any atom is -0.341 e. The van der Waals surface area contributed by atoms with Crippen LogP contribution < -0.4 is 4.90 Å². The molecule has 26 heavy (non-hydrogen) atoms. The summed E-state index contributed by atoms with van der Waals surface area (Å²) < 4.78 is 5.54. The summed E-state index contributed by atoms with van der Waals surface area (Å²) in [5, 5.41) is 4.12. The molecule has 0 spiro atoms. The highest BCUT2D eigenvalue weighted by atomic mass is 16.5. The molecule has 140 valence electrons. The summed E-state index contributed by atoms with van der Waals surface area (Å²) in [4.78, 5) is 18.5. The summed E-state index contributed by atoms with van der Waals surface area (Å²) in [5.41, 5.74) is 1.14. The van der Waals surface area contributed by atoms with Crippen LogP contribution in [0.3, 0.4) is 0 Å². The molecule has 7 nitrogen and oxygen atoms in total. The van der Waals surface area contributed by atoms with Crippen LogP contribution in [0.1, 0.15) is 75.2 Å². The molecule has 2 aliphatic rings. The zero-order valence-electron chi connectivity index (χ0n) is 15.8. The van der Waals surface area contributed by atoms with E-state index in [4.69, 9.17) is 4.52 Å². The van der Waals surface area contributed by atoms with Crippen molar-refractivity contribution in [1.29, 1.82) is 0 Å². The van der Waals surface area contributed by atoms with Gasteiger partial charge in [-0.1, -0.05) is 19.0 Å². The van der Waals surface area contributed by atoms with Crippen molar-refractivity contribution >= 4 is 5.95 Å². The van der Waals surface area contributed by atoms with E-state index >= 15 is 0 Å². The van der Waals surface area contributed by atoms with Crippen molar-refractivity contribution < 1.29 is 4.52 Å². The number of likely N-dealkylation sites (tertiary alicyclic amines) is 1. The molecule has 0 aromatic carbocycles. The lowest BCUT2D eigenvalue weighted by Crippen LogP contribution is -2.31. The normalized spacial score (nSPS) is 21.7. The Morgan fingerprint density at radius 2 is 1.85 bits per heavy atom. The van der Waals surface area contributed by atoms with E-state index in [1.54, 1.807) is 0 Å². The van der Waals surface area contributed by atoms with Gasteiger partial charge in [0.1, 0.15) is 0 Å². The minimum absolute atomic E-state index is 0.205. The molecule has 0 N–H and O–H groups in total. The lowest BCUT2D eigenvalue weighted by Gasteiger charge is -2.26. The van der Waals surface area contributed by atoms with Crippen LogP contribution in [-0.4, -0.2) is 44.6 Å². The van der Waals surface area contributed by atoms with Crippen molar-refractivity contribution in [2.45, 2.75) is 64.5 Å². The van der Waals surface area contributed by atoms with Crippen molar-refractivity contribution in [3.8, 4) is 0 Å². The molecule has 2 aliphatic heterocycles. The fraction of sp³-hybridized carbons (Fsp3) is 0.684. The molecule has 1 unspecified atom stereocenters. The van der Waals surface area contributed by atoms with E-state index in [-0.39, 0.29) is 12.0 Å². The second kappa shape index (κ2) is 7.70. The van der Waals surface area contributed by atoms with Gasteiger partial charge in [0.25, 0.3) is 0 Å². The highest BCUT2D eigenvalue weighted by Crippen LogP contribution is 2.32. The fourth-order valence-corrected chi connectivity index (χ4v) is 3.83. The lowest BCUT2D eigenvalue weighted by molar-refractivity contribution is 0.200. The summed E-state index contributed by atoms with van der Waals surface area (Å²) in [5.74, 6) is 2.70. The molecule has 0 saturated carbocycles. The van der Waals surface area contributed by atoms with E-state index in [9.17, 15) is 0 Å². The van der Waals surface area contributed by atoms with Crippen LogP contribution in [0.2, 0.25) is 0 Å². The second-order valence-corrected chi connectivity index (χ2v) is 7.71. The minimum atomic E-state index is 0.205. The maximum absolute atomic E-state index is 5.54. The summed E-state index contributed by atoms with van der Waals surface area (Å²) in [6, 6.07) is 0.205. The Bertz CT molecular complexity index is 707. The van der Waals surface area contributed by atoms with Crippen molar-refractivity contribution in [3.05, 3.63) is 29.7 Å². The quantitative estimate of drug-likeness (QED) is 0.814. The first kappa shape index (κ1) is 17.4. The lowest BCUT2D eigenvalue weighted by atomic mass is 10.1. The van der Waals surface area contributed by atoms with Crippen molar-refractivity contribution in [2.24, 2.45) is 0 Å². The highest BCUT2D eigenvalue weighted by Gasteiger charge is 2.31. The van der Waals surface area contributed by atoms with E-state index in [1.165, 1.54) is 19.3 Å². The largest absolute Gasteiger partial charge is 0.341 e. The van der Waals surface area contributed by atoms with E-state index in [0.29, 0.717) is 0 Å². The van der Waals surface area contributed by atoms with Crippen LogP contribution in [0.4, 0.5) is 5.95 Å². The predicted octanol–water partition coefficient (Wildman–Crippen LogP) is 3.31. The maximum Gasteiger partial charge on any atom is 0.244 e. The van der Waals surface area contributed by atoms with Crippen LogP contribution in [0.15, 0.2) is 16.9 Å². The first-order valence-electron chi connectivity index (χ1n) is 9.84. The zero-order valence-corrected chi connectivity index (χ0v) is 15.8. The molecule has 4 rings (SSSR count). The molecule has 2 fully saturated rings. The Labute approximate surface area is 154 Å². The summed E-state index contributed by atoms with van der Waals surface area (Å²) in [7, 11) is 0. The first-order valence-corrected chi connectivity index (χ1v) is 9.84. The Morgan fingerprint density at radius 1 is 1.08 bits per heavy atom. The van der Waals surface area contributed by atoms with Gasteiger partial charge in [0.05, 0.1) is 6.04 Å². The molecule has 2 aromatic heterocycles. The molecule has 0 amide bonds. The fourth-order valence-electron chi connectivity index (χ4n) is 3.83. The molecule has 2 aromatic rings. The van der Waals surface area contributed by atoms with Crippen LogP contribution in [0.5, 0.6) is 0 Å². The van der Waals surface area contributed by atoms with Crippen molar-refractivity contribution in [2.75, 3.05) is 24.5 Å². The average Bonchev–Trinajstić information content (AvgIpc) is 3.32. The Balaban J connectivity index is 1.42. The smallest absolute Gasteiger partial charge is 0.244 e. The predicted molar refractivity (Wildman–Crippen MR) is 98.9 cm³/mol. The second-order valence-electron chi connectivity index (χ2n) is 7.71. The van der Waals surface area contributed by atoms with Crippen molar-refractivity contribution in [3.63, 3.8) is 0 Å². The van der Waals surface area contributed by atoms with Crippen LogP contribution in [0.25, 0.3) is 0 Å². The van der Waals surface area contributed by atoms with Gasteiger partial charge in [0, 0.05) is 43.5 Å². The molecule has 0 aliphatic carbocycles. The Kier molecular flexibility index (Phi) is 5.15. The number of hydrogen-bond donors (Lipinski definition) is 0. The molecule has 4 heterocycles. The zero-order chi connectivity index (χ0) is 17.9. The molecule has 2 saturated heterocycles. The van der Waals surface area contributed by atoms with Gasteiger partial charge in [-0.05, 0) is 38.6 Å². The molecule has 0 radical (unpaired) electrons. The topological polar surface area (TPSA) is 71.2 Å². The first-order chi connectivity index (χ1) is 12.7. The number of piperidine rings is 1. The van der Waals surface area contributed by atoms with Crippen LogP contribution in [-0.2, 0) is 6.54 Å². The third kappa shape index (κ3) is 3.72. The van der Waals surface area contributed by atoms with Gasteiger partial charge in [-0.15, -0.1) is 0 Å². The average molecular weight is 356 g/mol. The third-order valence-electron chi connectivity index (χ3n) is 5.34. The van der Waals surface area contributed by atoms with Gasteiger partial charge in [-0.2, -0.15) is 4.98 Å². The summed E-state index contributed by atoms with van der Waals surface area (Å²) in [6.07, 6.45) is 9.95. The van der Waals surface area contributed by atoms with E-state index in [2.05, 4.69) is 43.8 Å². The molecular weight excluding hydrogens is 328 g/mol. The third-order valence-corrected chi connectivity index (χ3v) is 5.34. The summed E-state index contributed by atoms with van der Waals surface area (Å²) >= 11 is 0. The van der Waals surface area contributed by atoms with Crippen LogP contribution >= 0.6 is 0 Å². The van der Waals surface area contributed by atoms with Crippen LogP contribution in [0, 0.1) is 0 Å². The Hall–Kier alpha value is -2.02. The van der Waals surface area contributed by atoms with Gasteiger partial charge < -0.3 is 9.42 Å². The monoisotopic (exact) mass is 356 g/mol. The number of anilines is 1. The maximum atomic E-state index is 5.54. The van der Waals surface area contributed by atoms with E-state index < -0.39 is 0 Å². The van der Waals surface area contributed by atoms with Gasteiger partial charge in [-0.25, -0.2) is 9.97 Å². The number of hydrogen-bond acceptors (Lipinski definition) is 7. The SMILES string of the molecule is CC(C)c1noc(C2CCCN2Cc2cnc(N3CCCCC3)nc2)n1. The van der Waals surface area contributed by atoms with Gasteiger partial charge in [0.15, 0.2) is 5.82 Å². The molecular formula is C19H28N6O. The number of aromatic nitrogens is 4. The molecule has 7 heteroatoms. The van der Waals surface area contributed by atoms with Crippen molar-refractivity contribution in [1.82, 2.24) is 25.0 Å². The highest BCUT2D eigenvalue weighted by molar-refractivity contribution is 5.30. The number of rotatable bonds is 5. The van der Waals surface area contributed by atoms with E-state index in [1.807, 2.05) is 12.4 Å². The van der Waals surface area contributed by atoms with Gasteiger partial charge in [-0.3, -0.25) is 4.90 Å². The summed E-state index contributed by atoms with van der Waals surface area (Å²) in [6.45, 7) is 8.18. The molecule has 0 bridgehead atoms. The van der Waals surface area contributed by atoms with E-state index in [0.717, 1.165) is 62.2 Å². The van der Waals surface area contributed by atoms with Gasteiger partial charge >= 0.3 is 0 Å².